The number of aromatic nitrogens is 1. The number of hydrogen-bond acceptors (Lipinski definition) is 5. The minimum Gasteiger partial charge on any atom is -0.387 e. The van der Waals surface area contributed by atoms with E-state index in [0.29, 0.717) is 16.9 Å². The van der Waals surface area contributed by atoms with E-state index < -0.39 is 16.8 Å². The van der Waals surface area contributed by atoms with Gasteiger partial charge in [0.2, 0.25) is 0 Å². The van der Waals surface area contributed by atoms with Gasteiger partial charge in [0.05, 0.1) is 16.0 Å². The Hall–Kier alpha value is -2.25. The van der Waals surface area contributed by atoms with E-state index in [1.165, 1.54) is 18.2 Å². The highest BCUT2D eigenvalue weighted by Crippen LogP contribution is 2.22. The summed E-state index contributed by atoms with van der Waals surface area (Å²) >= 11 is 5.58. The van der Waals surface area contributed by atoms with E-state index in [1.807, 2.05) is 0 Å². The monoisotopic (exact) mass is 325 g/mol. The topological polar surface area (TPSA) is 88.3 Å². The van der Waals surface area contributed by atoms with Gasteiger partial charge in [-0.25, -0.2) is 9.37 Å². The lowest BCUT2D eigenvalue weighted by Gasteiger charge is -2.13. The predicted octanol–water partition coefficient (Wildman–Crippen LogP) is 3.24. The molecule has 2 aromatic rings. The van der Waals surface area contributed by atoms with Crippen molar-refractivity contribution in [1.29, 1.82) is 0 Å². The van der Waals surface area contributed by atoms with Crippen LogP contribution in [0.2, 0.25) is 5.02 Å². The number of aliphatic hydroxyl groups is 1. The normalized spacial score (nSPS) is 12.0. The Morgan fingerprint density at radius 2 is 2.23 bits per heavy atom. The molecule has 0 amide bonds. The third-order valence-corrected chi connectivity index (χ3v) is 3.39. The number of hydrogen-bond donors (Lipinski definition) is 2. The number of aliphatic hydroxyl groups excluding tert-OH is 1. The zero-order valence-corrected chi connectivity index (χ0v) is 12.3. The van der Waals surface area contributed by atoms with Crippen LogP contribution in [0.1, 0.15) is 17.2 Å². The van der Waals surface area contributed by atoms with Crippen LogP contribution < -0.4 is 5.32 Å². The molecule has 22 heavy (non-hydrogen) atoms. The van der Waals surface area contributed by atoms with Crippen molar-refractivity contribution in [2.24, 2.45) is 0 Å². The highest BCUT2D eigenvalue weighted by atomic mass is 35.5. The Labute approximate surface area is 130 Å². The fourth-order valence-electron chi connectivity index (χ4n) is 1.88. The molecule has 1 unspecified atom stereocenters. The molecule has 0 aliphatic rings. The Morgan fingerprint density at radius 1 is 1.50 bits per heavy atom. The summed E-state index contributed by atoms with van der Waals surface area (Å²) in [6, 6.07) is 5.55. The van der Waals surface area contributed by atoms with Crippen LogP contribution in [0.5, 0.6) is 0 Å². The number of nitrogens with zero attached hydrogens (tertiary/aromatic N) is 2. The fourth-order valence-corrected chi connectivity index (χ4v) is 1.99. The van der Waals surface area contributed by atoms with Crippen LogP contribution in [0.3, 0.4) is 0 Å². The third kappa shape index (κ3) is 3.69. The maximum absolute atomic E-state index is 13.3. The molecular weight excluding hydrogens is 313 g/mol. The second-order valence-electron chi connectivity index (χ2n) is 4.68. The number of aryl methyl sites for hydroxylation is 1. The number of pyridine rings is 1. The Bertz CT molecular complexity index is 712. The van der Waals surface area contributed by atoms with Crippen LogP contribution in [0.15, 0.2) is 30.5 Å². The van der Waals surface area contributed by atoms with Gasteiger partial charge < -0.3 is 10.4 Å². The van der Waals surface area contributed by atoms with Crippen molar-refractivity contribution in [3.8, 4) is 0 Å². The van der Waals surface area contributed by atoms with E-state index in [-0.39, 0.29) is 17.3 Å². The summed E-state index contributed by atoms with van der Waals surface area (Å²) in [7, 11) is 0. The summed E-state index contributed by atoms with van der Waals surface area (Å²) < 4.78 is 13.3. The molecule has 0 spiro atoms. The first-order chi connectivity index (χ1) is 10.4. The van der Waals surface area contributed by atoms with Crippen molar-refractivity contribution in [2.45, 2.75) is 13.0 Å². The van der Waals surface area contributed by atoms with Gasteiger partial charge in [0.25, 0.3) is 5.69 Å². The van der Waals surface area contributed by atoms with Crippen molar-refractivity contribution in [2.75, 3.05) is 11.9 Å². The quantitative estimate of drug-likeness (QED) is 0.651. The summed E-state index contributed by atoms with van der Waals surface area (Å²) in [5.41, 5.74) is 0.744. The molecule has 0 radical (unpaired) electrons. The number of nitrogens with one attached hydrogen (secondary N) is 1. The average Bonchev–Trinajstić information content (AvgIpc) is 2.47. The van der Waals surface area contributed by atoms with Crippen molar-refractivity contribution < 1.29 is 14.4 Å². The van der Waals surface area contributed by atoms with Crippen molar-refractivity contribution in [3.05, 3.63) is 62.5 Å². The van der Waals surface area contributed by atoms with E-state index in [2.05, 4.69) is 10.3 Å². The zero-order valence-electron chi connectivity index (χ0n) is 11.6. The van der Waals surface area contributed by atoms with E-state index >= 15 is 0 Å². The smallest absolute Gasteiger partial charge is 0.290 e. The van der Waals surface area contributed by atoms with Gasteiger partial charge in [-0.05, 0) is 30.7 Å². The Balaban J connectivity index is 2.04. The van der Waals surface area contributed by atoms with E-state index in [0.717, 1.165) is 12.3 Å². The van der Waals surface area contributed by atoms with Crippen molar-refractivity contribution in [3.63, 3.8) is 0 Å². The minimum absolute atomic E-state index is 0.0171. The van der Waals surface area contributed by atoms with Crippen molar-refractivity contribution >= 4 is 23.1 Å². The average molecular weight is 326 g/mol. The minimum atomic E-state index is -0.968. The van der Waals surface area contributed by atoms with Gasteiger partial charge in [0, 0.05) is 12.1 Å². The maximum atomic E-state index is 13.3. The first kappa shape index (κ1) is 16.1. The van der Waals surface area contributed by atoms with Crippen LogP contribution in [-0.4, -0.2) is 21.6 Å². The van der Waals surface area contributed by atoms with Gasteiger partial charge in [-0.15, -0.1) is 0 Å². The van der Waals surface area contributed by atoms with Crippen LogP contribution in [0.25, 0.3) is 0 Å². The first-order valence-corrected chi connectivity index (χ1v) is 6.74. The zero-order chi connectivity index (χ0) is 16.3. The lowest BCUT2D eigenvalue weighted by atomic mass is 10.1. The number of halogens is 2. The lowest BCUT2D eigenvalue weighted by Crippen LogP contribution is -2.13. The van der Waals surface area contributed by atoms with Gasteiger partial charge in [-0.1, -0.05) is 17.7 Å². The molecule has 1 heterocycles. The van der Waals surface area contributed by atoms with Crippen LogP contribution in [-0.2, 0) is 0 Å². The molecule has 0 aliphatic heterocycles. The summed E-state index contributed by atoms with van der Waals surface area (Å²) in [4.78, 5) is 14.1. The molecule has 0 bridgehead atoms. The molecule has 1 aromatic heterocycles. The molecule has 6 nitrogen and oxygen atoms in total. The Kier molecular flexibility index (Phi) is 4.89. The standard InChI is InChI=1S/C14H13ClFN3O3/c1-8-4-14(17-6-12(8)19(21)22)18-7-13(20)9-2-3-10(15)11(16)5-9/h2-6,13,20H,7H2,1H3,(H,17,18). The van der Waals surface area contributed by atoms with E-state index in [4.69, 9.17) is 11.6 Å². The van der Waals surface area contributed by atoms with Gasteiger partial charge in [0.15, 0.2) is 0 Å². The summed E-state index contributed by atoms with van der Waals surface area (Å²) in [5.74, 6) is -0.223. The van der Waals surface area contributed by atoms with Crippen LogP contribution in [0, 0.1) is 22.9 Å². The van der Waals surface area contributed by atoms with E-state index in [1.54, 1.807) is 6.92 Å². The van der Waals surface area contributed by atoms with Gasteiger partial charge >= 0.3 is 0 Å². The molecule has 0 fully saturated rings. The molecule has 116 valence electrons. The summed E-state index contributed by atoms with van der Waals surface area (Å²) in [6.07, 6.45) is 0.176. The molecule has 0 saturated heterocycles. The van der Waals surface area contributed by atoms with Gasteiger partial charge in [0.1, 0.15) is 17.8 Å². The third-order valence-electron chi connectivity index (χ3n) is 3.08. The highest BCUT2D eigenvalue weighted by molar-refractivity contribution is 6.30. The summed E-state index contributed by atoms with van der Waals surface area (Å²) in [5, 5.41) is 23.5. The number of benzene rings is 1. The molecule has 0 aliphatic carbocycles. The fraction of sp³-hybridized carbons (Fsp3) is 0.214. The molecule has 1 atom stereocenters. The molecule has 0 saturated carbocycles. The second kappa shape index (κ2) is 6.67. The summed E-state index contributed by atoms with van der Waals surface area (Å²) in [6.45, 7) is 1.67. The van der Waals surface area contributed by atoms with Gasteiger partial charge in [-0.2, -0.15) is 0 Å². The highest BCUT2D eigenvalue weighted by Gasteiger charge is 2.13. The van der Waals surface area contributed by atoms with Crippen LogP contribution in [0.4, 0.5) is 15.9 Å². The SMILES string of the molecule is Cc1cc(NCC(O)c2ccc(Cl)c(F)c2)ncc1[N+](=O)[O-]. The molecule has 2 rings (SSSR count). The largest absolute Gasteiger partial charge is 0.387 e. The molecule has 2 N–H and O–H groups in total. The number of nitro groups is 1. The van der Waals surface area contributed by atoms with E-state index in [9.17, 15) is 19.6 Å². The first-order valence-electron chi connectivity index (χ1n) is 6.36. The molecule has 1 aromatic carbocycles. The lowest BCUT2D eigenvalue weighted by molar-refractivity contribution is -0.385. The maximum Gasteiger partial charge on any atom is 0.290 e. The predicted molar refractivity (Wildman–Crippen MR) is 80.5 cm³/mol. The Morgan fingerprint density at radius 3 is 2.82 bits per heavy atom. The molecular formula is C14H13ClFN3O3. The number of rotatable bonds is 5. The van der Waals surface area contributed by atoms with Gasteiger partial charge in [-0.3, -0.25) is 10.1 Å². The van der Waals surface area contributed by atoms with Crippen LogP contribution >= 0.6 is 11.6 Å². The van der Waals surface area contributed by atoms with Crippen molar-refractivity contribution in [1.82, 2.24) is 4.98 Å². The molecule has 8 heteroatoms. The number of anilines is 1. The second-order valence-corrected chi connectivity index (χ2v) is 5.09.